The standard InChI is InChI=1S/C12H21NO19S3.4Na/c14-4-1-3(2-28-34(22,23)24)29-12(5(4)13-33(19,20)21)31-7-6(15)8(32-35(25,26)27)11(18)30-9(7)10(16)17;;;;/h3-9,11-15,18H,1-2H2,(H,16,17)(H,19,20,21)(H,22,23,24)(H,25,26,27);;;;/q;4*+1/p-4/t3?,4-,5?,6-,7-,8?,9?,11-,12+;;;;/m1..../s1. The van der Waals surface area contributed by atoms with Crippen LogP contribution in [0.15, 0.2) is 0 Å². The maximum atomic E-state index is 11.4. The van der Waals surface area contributed by atoms with Crippen molar-refractivity contribution in [3.8, 4) is 0 Å². The number of carboxylic acids is 1. The third kappa shape index (κ3) is 15.6. The second-order valence-electron chi connectivity index (χ2n) is 7.05. The zero-order chi connectivity index (χ0) is 26.9. The summed E-state index contributed by atoms with van der Waals surface area (Å²) in [6.07, 6.45) is -18.9. The molecule has 0 radical (unpaired) electrons. The van der Waals surface area contributed by atoms with E-state index in [9.17, 15) is 64.1 Å². The number of carbonyl (C=O) groups is 1. The van der Waals surface area contributed by atoms with Crippen molar-refractivity contribution in [2.24, 2.45) is 0 Å². The second kappa shape index (κ2) is 18.7. The Kier molecular flexibility index (Phi) is 22.2. The molecule has 0 spiro atoms. The van der Waals surface area contributed by atoms with E-state index in [0.717, 1.165) is 0 Å². The average molecular weight is 667 g/mol. The molecule has 2 rings (SSSR count). The Morgan fingerprint density at radius 1 is 0.897 bits per heavy atom. The van der Waals surface area contributed by atoms with Gasteiger partial charge in [0.1, 0.15) is 18.3 Å². The monoisotopic (exact) mass is 667 g/mol. The van der Waals surface area contributed by atoms with E-state index < -0.39 is 105 Å². The van der Waals surface area contributed by atoms with Gasteiger partial charge in [-0.05, 0) is 0 Å². The Labute approximate surface area is 310 Å². The zero-order valence-corrected chi connectivity index (χ0v) is 31.2. The second-order valence-corrected chi connectivity index (χ2v) is 10.3. The van der Waals surface area contributed by atoms with Crippen LogP contribution in [-0.4, -0.2) is 122 Å². The van der Waals surface area contributed by atoms with Crippen molar-refractivity contribution in [2.45, 2.75) is 61.7 Å². The molecule has 206 valence electrons. The summed E-state index contributed by atoms with van der Waals surface area (Å²) < 4.78 is 122. The summed E-state index contributed by atoms with van der Waals surface area (Å²) in [5, 5.41) is 41.7. The summed E-state index contributed by atoms with van der Waals surface area (Å²) in [5.41, 5.74) is 0. The summed E-state index contributed by atoms with van der Waals surface area (Å²) in [5.74, 6) is -2.20. The van der Waals surface area contributed by atoms with E-state index in [4.69, 9.17) is 9.47 Å². The normalized spacial score (nSPS) is 33.3. The first kappa shape index (κ1) is 46.3. The van der Waals surface area contributed by atoms with Gasteiger partial charge in [-0.15, -0.1) is 0 Å². The van der Waals surface area contributed by atoms with Crippen LogP contribution in [0.4, 0.5) is 0 Å². The summed E-state index contributed by atoms with van der Waals surface area (Å²) in [6.45, 7) is -1.08. The van der Waals surface area contributed by atoms with Crippen molar-refractivity contribution in [1.29, 1.82) is 0 Å². The van der Waals surface area contributed by atoms with E-state index in [1.807, 2.05) is 0 Å². The van der Waals surface area contributed by atoms with Gasteiger partial charge in [0.2, 0.25) is 20.8 Å². The number of aliphatic hydroxyl groups is 3. The molecule has 2 aliphatic heterocycles. The van der Waals surface area contributed by atoms with Crippen LogP contribution in [-0.2, 0) is 58.5 Å². The topological polar surface area (TPSA) is 331 Å². The van der Waals surface area contributed by atoms with Crippen LogP contribution in [0.1, 0.15) is 6.42 Å². The molecule has 0 aromatic rings. The molecule has 0 saturated carbocycles. The first-order valence-electron chi connectivity index (χ1n) is 8.96. The van der Waals surface area contributed by atoms with E-state index in [1.165, 1.54) is 4.72 Å². The van der Waals surface area contributed by atoms with Crippen LogP contribution in [0.2, 0.25) is 0 Å². The van der Waals surface area contributed by atoms with E-state index in [2.05, 4.69) is 13.1 Å². The molecular weight excluding hydrogens is 650 g/mol. The van der Waals surface area contributed by atoms with E-state index >= 15 is 0 Å². The van der Waals surface area contributed by atoms with Crippen LogP contribution < -0.4 is 128 Å². The number of hydrogen-bond acceptors (Lipinski definition) is 19. The van der Waals surface area contributed by atoms with Gasteiger partial charge in [0, 0.05) is 6.42 Å². The zero-order valence-electron chi connectivity index (χ0n) is 20.7. The molecule has 0 amide bonds. The van der Waals surface area contributed by atoms with Gasteiger partial charge in [-0.25, -0.2) is 30.0 Å². The number of hydrogen-bond donors (Lipinski definition) is 4. The minimum Gasteiger partial charge on any atom is -0.735 e. The SMILES string of the molecule is O=C([O-])C1O[C@@H](O)C(OS(=O)(=O)[O-])[C@H](O)[C@H]1O[C@@H]1OC(COS(=O)(=O)[O-])C[C@@H](O)C1NS(=O)(=O)[O-].[Na+].[Na+].[Na+].[Na+]. The fourth-order valence-corrected chi connectivity index (χ4v) is 4.59. The Bertz CT molecular complexity index is 1090. The fraction of sp³-hybridized carbons (Fsp3) is 0.917. The summed E-state index contributed by atoms with van der Waals surface area (Å²) in [7, 11) is -16.3. The number of aliphatic hydroxyl groups excluding tert-OH is 3. The molecular formula is C12H17NNa4O19S3. The smallest absolute Gasteiger partial charge is 0.735 e. The number of nitrogens with one attached hydrogen (secondary N) is 1. The maximum Gasteiger partial charge on any atom is 1.00 e. The summed E-state index contributed by atoms with van der Waals surface area (Å²) in [4.78, 5) is 11.4. The molecule has 0 aliphatic carbocycles. The largest absolute Gasteiger partial charge is 1.00 e. The third-order valence-corrected chi connectivity index (χ3v) is 5.95. The predicted octanol–water partition coefficient (Wildman–Crippen LogP) is -19.6. The first-order chi connectivity index (χ1) is 15.8. The van der Waals surface area contributed by atoms with E-state index in [1.54, 1.807) is 0 Å². The quantitative estimate of drug-likeness (QED) is 0.0954. The Balaban J connectivity index is -0.00000324. The summed E-state index contributed by atoms with van der Waals surface area (Å²) >= 11 is 0. The molecule has 2 aliphatic rings. The van der Waals surface area contributed by atoms with Crippen molar-refractivity contribution in [3.05, 3.63) is 0 Å². The van der Waals surface area contributed by atoms with Gasteiger partial charge in [-0.1, -0.05) is 0 Å². The third-order valence-electron chi connectivity index (χ3n) is 4.51. The maximum absolute atomic E-state index is 11.4. The molecule has 4 N–H and O–H groups in total. The van der Waals surface area contributed by atoms with Gasteiger partial charge in [0.15, 0.2) is 29.0 Å². The van der Waals surface area contributed by atoms with E-state index in [0.29, 0.717) is 0 Å². The molecule has 27 heteroatoms. The first-order valence-corrected chi connectivity index (χ1v) is 13.0. The summed E-state index contributed by atoms with van der Waals surface area (Å²) in [6, 6.07) is -2.07. The number of carboxylic acid groups (broad SMARTS) is 1. The average Bonchev–Trinajstić information content (AvgIpc) is 2.65. The molecule has 0 bridgehead atoms. The van der Waals surface area contributed by atoms with Crippen molar-refractivity contribution in [2.75, 3.05) is 6.61 Å². The van der Waals surface area contributed by atoms with Gasteiger partial charge in [0.05, 0.1) is 30.8 Å². The van der Waals surface area contributed by atoms with Crippen LogP contribution in [0.25, 0.3) is 0 Å². The Hall–Kier alpha value is 2.84. The van der Waals surface area contributed by atoms with Gasteiger partial charge >= 0.3 is 118 Å². The Morgan fingerprint density at radius 3 is 1.87 bits per heavy atom. The van der Waals surface area contributed by atoms with Gasteiger partial charge < -0.3 is 53.1 Å². The molecule has 0 aromatic heterocycles. The molecule has 39 heavy (non-hydrogen) atoms. The van der Waals surface area contributed by atoms with Crippen molar-refractivity contribution >= 4 is 37.1 Å². The van der Waals surface area contributed by atoms with Crippen molar-refractivity contribution in [3.63, 3.8) is 0 Å². The van der Waals surface area contributed by atoms with Gasteiger partial charge in [-0.3, -0.25) is 8.37 Å². The Morgan fingerprint density at radius 2 is 1.44 bits per heavy atom. The van der Waals surface area contributed by atoms with Gasteiger partial charge in [0.25, 0.3) is 0 Å². The molecule has 2 saturated heterocycles. The van der Waals surface area contributed by atoms with E-state index in [-0.39, 0.29) is 118 Å². The fourth-order valence-electron chi connectivity index (χ4n) is 3.19. The van der Waals surface area contributed by atoms with Crippen LogP contribution in [0, 0.1) is 0 Å². The predicted molar refractivity (Wildman–Crippen MR) is 92.9 cm³/mol. The molecule has 2 heterocycles. The number of carbonyl (C=O) groups excluding carboxylic acids is 1. The molecule has 20 nitrogen and oxygen atoms in total. The molecule has 9 atom stereocenters. The number of aliphatic carboxylic acids is 1. The minimum atomic E-state index is -5.63. The molecule has 0 aromatic carbocycles. The van der Waals surface area contributed by atoms with Crippen LogP contribution in [0.3, 0.4) is 0 Å². The molecule has 2 fully saturated rings. The number of ether oxygens (including phenoxy) is 3. The van der Waals surface area contributed by atoms with Crippen molar-refractivity contribution < 1.29 is 205 Å². The van der Waals surface area contributed by atoms with Gasteiger partial charge in [-0.2, -0.15) is 0 Å². The number of rotatable bonds is 10. The van der Waals surface area contributed by atoms with Crippen molar-refractivity contribution in [1.82, 2.24) is 4.72 Å². The van der Waals surface area contributed by atoms with Crippen LogP contribution >= 0.6 is 0 Å². The minimum absolute atomic E-state index is 0. The molecule has 4 unspecified atom stereocenters. The van der Waals surface area contributed by atoms with Crippen LogP contribution in [0.5, 0.6) is 0 Å².